The van der Waals surface area contributed by atoms with Crippen molar-refractivity contribution < 1.29 is 47.6 Å². The zero-order valence-corrected chi connectivity index (χ0v) is 22.1. The topological polar surface area (TPSA) is 124 Å². The molecule has 37 heavy (non-hydrogen) atoms. The summed E-state index contributed by atoms with van der Waals surface area (Å²) < 4.78 is 34.5. The molecule has 6 unspecified atom stereocenters. The summed E-state index contributed by atoms with van der Waals surface area (Å²) >= 11 is 0. The molecule has 2 saturated carbocycles. The summed E-state index contributed by atoms with van der Waals surface area (Å²) in [6.07, 6.45) is 3.10. The third kappa shape index (κ3) is 3.90. The van der Waals surface area contributed by atoms with Crippen LogP contribution in [0.3, 0.4) is 0 Å². The summed E-state index contributed by atoms with van der Waals surface area (Å²) in [5, 5.41) is 0. The highest BCUT2D eigenvalue weighted by atomic mass is 16.6. The fourth-order valence-corrected chi connectivity index (χ4v) is 7.13. The first-order valence-corrected chi connectivity index (χ1v) is 12.6. The number of esters is 4. The van der Waals surface area contributed by atoms with Crippen LogP contribution >= 0.6 is 0 Å². The lowest BCUT2D eigenvalue weighted by molar-refractivity contribution is -0.227. The zero-order chi connectivity index (χ0) is 27.0. The lowest BCUT2D eigenvalue weighted by Gasteiger charge is -2.58. The van der Waals surface area contributed by atoms with Crippen LogP contribution in [0.25, 0.3) is 0 Å². The summed E-state index contributed by atoms with van der Waals surface area (Å²) in [7, 11) is 0. The van der Waals surface area contributed by atoms with E-state index in [0.717, 1.165) is 0 Å². The van der Waals surface area contributed by atoms with Gasteiger partial charge in [-0.3, -0.25) is 9.59 Å². The molecule has 3 heterocycles. The van der Waals surface area contributed by atoms with Gasteiger partial charge in [-0.15, -0.1) is 0 Å². The van der Waals surface area contributed by atoms with E-state index < -0.39 is 63.2 Å². The average molecular weight is 519 g/mol. The maximum Gasteiger partial charge on any atom is 0.334 e. The van der Waals surface area contributed by atoms with E-state index in [4.69, 9.17) is 28.4 Å². The number of hydrogen-bond acceptors (Lipinski definition) is 10. The zero-order valence-electron chi connectivity index (χ0n) is 22.1. The SMILES string of the molecule is CC1(C)COC(=O)C2(C)CC3(C)OC(=O)C=C(OCCOC4=CC(=O)OC5(C)CC(C)(C(=O)OC1)C45)C32. The van der Waals surface area contributed by atoms with Crippen molar-refractivity contribution in [2.45, 2.75) is 65.6 Å². The molecule has 10 heteroatoms. The van der Waals surface area contributed by atoms with Gasteiger partial charge in [-0.1, -0.05) is 13.8 Å². The molecule has 6 atom stereocenters. The Balaban J connectivity index is 1.45. The Morgan fingerprint density at radius 3 is 1.38 bits per heavy atom. The lowest BCUT2D eigenvalue weighted by atomic mass is 9.51. The quantitative estimate of drug-likeness (QED) is 0.349. The number of rotatable bonds is 0. The molecule has 0 N–H and O–H groups in total. The van der Waals surface area contributed by atoms with E-state index >= 15 is 0 Å². The Kier molecular flexibility index (Phi) is 5.52. The molecule has 0 bridgehead atoms. The highest BCUT2D eigenvalue weighted by Crippen LogP contribution is 2.62. The van der Waals surface area contributed by atoms with Gasteiger partial charge in [0, 0.05) is 18.3 Å². The van der Waals surface area contributed by atoms with Crippen LogP contribution in [0.5, 0.6) is 0 Å². The van der Waals surface area contributed by atoms with E-state index in [1.807, 2.05) is 13.8 Å². The maximum absolute atomic E-state index is 13.3. The van der Waals surface area contributed by atoms with Crippen molar-refractivity contribution in [3.8, 4) is 0 Å². The minimum Gasteiger partial charge on any atom is -0.494 e. The van der Waals surface area contributed by atoms with Crippen LogP contribution in [0.4, 0.5) is 0 Å². The van der Waals surface area contributed by atoms with Gasteiger partial charge in [0.05, 0.1) is 48.0 Å². The summed E-state index contributed by atoms with van der Waals surface area (Å²) in [4.78, 5) is 51.1. The predicted octanol–water partition coefficient (Wildman–Crippen LogP) is 2.60. The van der Waals surface area contributed by atoms with Crippen LogP contribution < -0.4 is 0 Å². The van der Waals surface area contributed by atoms with Crippen LogP contribution in [0, 0.1) is 28.1 Å². The Morgan fingerprint density at radius 2 is 1.00 bits per heavy atom. The molecule has 2 aliphatic carbocycles. The summed E-state index contributed by atoms with van der Waals surface area (Å²) in [5.41, 5.74) is -4.38. The minimum absolute atomic E-state index is 0.0293. The Labute approximate surface area is 215 Å². The summed E-state index contributed by atoms with van der Waals surface area (Å²) in [5.74, 6) is -2.31. The highest BCUT2D eigenvalue weighted by Gasteiger charge is 2.70. The van der Waals surface area contributed by atoms with Crippen LogP contribution in [0.15, 0.2) is 23.7 Å². The van der Waals surface area contributed by atoms with Gasteiger partial charge < -0.3 is 28.4 Å². The molecule has 202 valence electrons. The van der Waals surface area contributed by atoms with Crippen LogP contribution in [0.2, 0.25) is 0 Å². The molecule has 5 aliphatic rings. The van der Waals surface area contributed by atoms with Crippen LogP contribution in [-0.2, 0) is 47.6 Å². The van der Waals surface area contributed by atoms with Gasteiger partial charge in [-0.2, -0.15) is 0 Å². The number of carbonyl (C=O) groups is 4. The van der Waals surface area contributed by atoms with Gasteiger partial charge in [-0.25, -0.2) is 9.59 Å². The standard InChI is InChI=1S/C27H34O10/c1-23(2)13-34-21(30)24(3)11-26(5)19(24)15(9-17(28)36-26)32-7-8-33-16-10-18(29)37-27(6)12-25(4,20(16)27)22(31)35-14-23/h9-10,19-20H,7-8,11-14H2,1-6H3. The Hall–Kier alpha value is -3.04. The van der Waals surface area contributed by atoms with E-state index in [9.17, 15) is 19.2 Å². The Morgan fingerprint density at radius 1 is 0.622 bits per heavy atom. The van der Waals surface area contributed by atoms with Crippen molar-refractivity contribution in [2.75, 3.05) is 26.4 Å². The number of ether oxygens (including phenoxy) is 6. The molecule has 0 radical (unpaired) electrons. The highest BCUT2D eigenvalue weighted by molar-refractivity contribution is 5.88. The minimum atomic E-state index is -0.965. The predicted molar refractivity (Wildman–Crippen MR) is 125 cm³/mol. The van der Waals surface area contributed by atoms with Crippen molar-refractivity contribution in [3.63, 3.8) is 0 Å². The number of hydrogen-bond donors (Lipinski definition) is 0. The molecule has 3 fully saturated rings. The van der Waals surface area contributed by atoms with E-state index in [1.54, 1.807) is 27.7 Å². The van der Waals surface area contributed by atoms with Crippen molar-refractivity contribution in [1.82, 2.24) is 0 Å². The van der Waals surface area contributed by atoms with Gasteiger partial charge in [0.25, 0.3) is 0 Å². The molecule has 5 rings (SSSR count). The van der Waals surface area contributed by atoms with Crippen LogP contribution in [0.1, 0.15) is 54.4 Å². The largest absolute Gasteiger partial charge is 0.494 e. The van der Waals surface area contributed by atoms with E-state index in [1.165, 1.54) is 12.2 Å². The molecule has 0 aromatic carbocycles. The molecule has 10 nitrogen and oxygen atoms in total. The van der Waals surface area contributed by atoms with Crippen molar-refractivity contribution in [3.05, 3.63) is 23.7 Å². The fraction of sp³-hybridized carbons (Fsp3) is 0.704. The van der Waals surface area contributed by atoms with Crippen molar-refractivity contribution in [1.29, 1.82) is 0 Å². The van der Waals surface area contributed by atoms with Gasteiger partial charge in [0.1, 0.15) is 35.9 Å². The second-order valence-electron chi connectivity index (χ2n) is 12.6. The summed E-state index contributed by atoms with van der Waals surface area (Å²) in [6.45, 7) is 10.9. The maximum atomic E-state index is 13.3. The van der Waals surface area contributed by atoms with Gasteiger partial charge in [0.2, 0.25) is 0 Å². The lowest BCUT2D eigenvalue weighted by Crippen LogP contribution is -2.66. The monoisotopic (exact) mass is 518 g/mol. The second-order valence-corrected chi connectivity index (χ2v) is 12.6. The van der Waals surface area contributed by atoms with E-state index in [-0.39, 0.29) is 39.3 Å². The summed E-state index contributed by atoms with van der Waals surface area (Å²) in [6, 6.07) is 0. The van der Waals surface area contributed by atoms with Crippen molar-refractivity contribution >= 4 is 23.9 Å². The molecule has 3 aliphatic heterocycles. The first kappa shape index (κ1) is 25.6. The molecule has 0 aromatic heterocycles. The van der Waals surface area contributed by atoms with Crippen LogP contribution in [-0.4, -0.2) is 61.5 Å². The molecular formula is C27H34O10. The first-order chi connectivity index (χ1) is 17.1. The average Bonchev–Trinajstić information content (AvgIpc) is 2.75. The second kappa shape index (κ2) is 7.98. The van der Waals surface area contributed by atoms with E-state index in [2.05, 4.69) is 0 Å². The third-order valence-corrected chi connectivity index (χ3v) is 8.43. The number of carbonyl (C=O) groups excluding carboxylic acids is 4. The fourth-order valence-electron chi connectivity index (χ4n) is 7.13. The Bertz CT molecular complexity index is 1050. The van der Waals surface area contributed by atoms with Gasteiger partial charge in [0.15, 0.2) is 0 Å². The number of cyclic esters (lactones) is 2. The normalized spacial score (nSPS) is 43.1. The molecule has 0 amide bonds. The van der Waals surface area contributed by atoms with Gasteiger partial charge in [-0.05, 0) is 27.7 Å². The van der Waals surface area contributed by atoms with Gasteiger partial charge >= 0.3 is 23.9 Å². The third-order valence-electron chi connectivity index (χ3n) is 8.43. The molecule has 1 saturated heterocycles. The van der Waals surface area contributed by atoms with E-state index in [0.29, 0.717) is 11.5 Å². The molecule has 0 spiro atoms. The molecular weight excluding hydrogens is 484 g/mol. The molecule has 0 aromatic rings. The first-order valence-electron chi connectivity index (χ1n) is 12.6. The van der Waals surface area contributed by atoms with Crippen molar-refractivity contribution in [2.24, 2.45) is 28.1 Å². The smallest absolute Gasteiger partial charge is 0.334 e.